The Hall–Kier alpha value is -2.61. The largest absolute Gasteiger partial charge is 0.366 e. The average Bonchev–Trinajstić information content (AvgIpc) is 2.67. The molecule has 1 aliphatic rings. The van der Waals surface area contributed by atoms with Gasteiger partial charge in [-0.15, -0.1) is 0 Å². The van der Waals surface area contributed by atoms with Crippen LogP contribution in [-0.4, -0.2) is 57.7 Å². The molecular weight excluding hydrogens is 393 g/mol. The minimum atomic E-state index is -3.65. The second-order valence-electron chi connectivity index (χ2n) is 7.34. The molecule has 2 aromatic carbocycles. The Morgan fingerprint density at radius 3 is 2.31 bits per heavy atom. The van der Waals surface area contributed by atoms with Crippen LogP contribution in [0.25, 0.3) is 0 Å². The van der Waals surface area contributed by atoms with E-state index in [9.17, 15) is 17.6 Å². The van der Waals surface area contributed by atoms with Gasteiger partial charge < -0.3 is 9.80 Å². The Morgan fingerprint density at radius 1 is 1.07 bits per heavy atom. The number of hydrogen-bond donors (Lipinski definition) is 0. The van der Waals surface area contributed by atoms with Gasteiger partial charge in [0.25, 0.3) is 0 Å². The zero-order chi connectivity index (χ0) is 21.2. The molecule has 1 aliphatic heterocycles. The Balaban J connectivity index is 1.75. The predicted octanol–water partition coefficient (Wildman–Crippen LogP) is 2.64. The van der Waals surface area contributed by atoms with Crippen LogP contribution in [-0.2, 0) is 14.8 Å². The quantitative estimate of drug-likeness (QED) is 0.748. The minimum absolute atomic E-state index is 0.259. The lowest BCUT2D eigenvalue weighted by Crippen LogP contribution is -2.55. The molecule has 0 spiro atoms. The number of halogens is 1. The number of carbonyl (C=O) groups is 1. The maximum atomic E-state index is 14.0. The van der Waals surface area contributed by atoms with Crippen molar-refractivity contribution in [1.29, 1.82) is 0 Å². The van der Waals surface area contributed by atoms with Crippen molar-refractivity contribution < 1.29 is 17.6 Å². The van der Waals surface area contributed by atoms with Crippen LogP contribution >= 0.6 is 0 Å². The van der Waals surface area contributed by atoms with Crippen LogP contribution in [0.4, 0.5) is 15.8 Å². The fraction of sp³-hybridized carbons (Fsp3) is 0.381. The zero-order valence-corrected chi connectivity index (χ0v) is 17.7. The summed E-state index contributed by atoms with van der Waals surface area (Å²) in [5.41, 5.74) is 1.90. The van der Waals surface area contributed by atoms with Crippen LogP contribution in [0.2, 0.25) is 0 Å². The van der Waals surface area contributed by atoms with Gasteiger partial charge in [0.2, 0.25) is 15.9 Å². The van der Waals surface area contributed by atoms with E-state index in [1.54, 1.807) is 48.2 Å². The van der Waals surface area contributed by atoms with Crippen LogP contribution in [0.15, 0.2) is 48.5 Å². The summed E-state index contributed by atoms with van der Waals surface area (Å²) in [7, 11) is -3.65. The molecule has 0 N–H and O–H groups in total. The molecule has 29 heavy (non-hydrogen) atoms. The number of sulfonamides is 1. The highest BCUT2D eigenvalue weighted by Gasteiger charge is 2.33. The van der Waals surface area contributed by atoms with E-state index in [4.69, 9.17) is 0 Å². The van der Waals surface area contributed by atoms with Crippen molar-refractivity contribution in [2.45, 2.75) is 19.9 Å². The smallest absolute Gasteiger partial charge is 0.246 e. The third kappa shape index (κ3) is 4.70. The maximum absolute atomic E-state index is 14.0. The van der Waals surface area contributed by atoms with Crippen molar-refractivity contribution in [3.8, 4) is 0 Å². The molecule has 0 saturated carbocycles. The van der Waals surface area contributed by atoms with Crippen LogP contribution in [0.1, 0.15) is 12.5 Å². The van der Waals surface area contributed by atoms with Gasteiger partial charge >= 0.3 is 0 Å². The second-order valence-corrected chi connectivity index (χ2v) is 9.20. The lowest BCUT2D eigenvalue weighted by atomic mass is 10.2. The lowest BCUT2D eigenvalue weighted by molar-refractivity contribution is -0.132. The fourth-order valence-electron chi connectivity index (χ4n) is 3.71. The van der Waals surface area contributed by atoms with Crippen molar-refractivity contribution in [1.82, 2.24) is 4.90 Å². The number of amides is 1. The van der Waals surface area contributed by atoms with Crippen LogP contribution in [0, 0.1) is 12.7 Å². The number of aryl methyl sites for hydroxylation is 1. The van der Waals surface area contributed by atoms with E-state index in [1.807, 2.05) is 17.9 Å². The van der Waals surface area contributed by atoms with Crippen LogP contribution in [0.3, 0.4) is 0 Å². The molecule has 1 heterocycles. The number of rotatable bonds is 5. The van der Waals surface area contributed by atoms with Crippen molar-refractivity contribution in [2.24, 2.45) is 0 Å². The number of carbonyl (C=O) groups excluding carboxylic acids is 1. The number of nitrogens with zero attached hydrogens (tertiary/aromatic N) is 3. The fourth-order valence-corrected chi connectivity index (χ4v) is 4.87. The van der Waals surface area contributed by atoms with Crippen LogP contribution in [0.5, 0.6) is 0 Å². The van der Waals surface area contributed by atoms with E-state index in [1.165, 1.54) is 10.4 Å². The summed E-state index contributed by atoms with van der Waals surface area (Å²) < 4.78 is 40.1. The van der Waals surface area contributed by atoms with Gasteiger partial charge in [-0.3, -0.25) is 9.10 Å². The SMILES string of the molecule is Cc1cccc(N([C@@H](C)C(=O)N2CCN(c3ccccc3F)CC2)S(C)(=O)=O)c1. The summed E-state index contributed by atoms with van der Waals surface area (Å²) in [6, 6.07) is 12.8. The maximum Gasteiger partial charge on any atom is 0.246 e. The van der Waals surface area contributed by atoms with Crippen LogP contribution < -0.4 is 9.21 Å². The highest BCUT2D eigenvalue weighted by atomic mass is 32.2. The lowest BCUT2D eigenvalue weighted by Gasteiger charge is -2.39. The van der Waals surface area contributed by atoms with Gasteiger partial charge in [-0.1, -0.05) is 24.3 Å². The van der Waals surface area contributed by atoms with Gasteiger partial charge in [0.05, 0.1) is 17.6 Å². The molecule has 2 aromatic rings. The van der Waals surface area contributed by atoms with Crippen molar-refractivity contribution >= 4 is 27.3 Å². The summed E-state index contributed by atoms with van der Waals surface area (Å²) in [4.78, 5) is 16.6. The summed E-state index contributed by atoms with van der Waals surface area (Å²) in [5, 5.41) is 0. The molecule has 0 aromatic heterocycles. The first-order chi connectivity index (χ1) is 13.7. The molecule has 0 aliphatic carbocycles. The van der Waals surface area contributed by atoms with Crippen molar-refractivity contribution in [3.63, 3.8) is 0 Å². The molecule has 1 atom stereocenters. The molecule has 8 heteroatoms. The third-order valence-corrected chi connectivity index (χ3v) is 6.35. The monoisotopic (exact) mass is 419 g/mol. The summed E-state index contributed by atoms with van der Waals surface area (Å²) in [5.74, 6) is -0.548. The van der Waals surface area contributed by atoms with Gasteiger partial charge in [0.1, 0.15) is 11.9 Å². The number of anilines is 2. The Bertz CT molecular complexity index is 988. The summed E-state index contributed by atoms with van der Waals surface area (Å²) in [6.07, 6.45) is 1.11. The van der Waals surface area contributed by atoms with Gasteiger partial charge in [-0.2, -0.15) is 0 Å². The molecule has 1 amide bonds. The molecule has 6 nitrogen and oxygen atoms in total. The first-order valence-corrected chi connectivity index (χ1v) is 11.4. The first-order valence-electron chi connectivity index (χ1n) is 9.53. The van der Waals surface area contributed by atoms with E-state index >= 15 is 0 Å². The Kier molecular flexibility index (Phi) is 6.12. The minimum Gasteiger partial charge on any atom is -0.366 e. The van der Waals surface area contributed by atoms with E-state index < -0.39 is 16.1 Å². The van der Waals surface area contributed by atoms with Gasteiger partial charge in [-0.05, 0) is 43.7 Å². The molecule has 3 rings (SSSR count). The van der Waals surface area contributed by atoms with E-state index in [0.717, 1.165) is 11.8 Å². The number of hydrogen-bond acceptors (Lipinski definition) is 4. The average molecular weight is 420 g/mol. The Labute approximate surface area is 171 Å². The van der Waals surface area contributed by atoms with Crippen molar-refractivity contribution in [3.05, 3.63) is 59.9 Å². The van der Waals surface area contributed by atoms with Gasteiger partial charge in [0.15, 0.2) is 0 Å². The highest BCUT2D eigenvalue weighted by molar-refractivity contribution is 7.92. The van der Waals surface area contributed by atoms with Gasteiger partial charge in [-0.25, -0.2) is 12.8 Å². The molecular formula is C21H26FN3O3S. The third-order valence-electron chi connectivity index (χ3n) is 5.11. The predicted molar refractivity (Wildman–Crippen MR) is 113 cm³/mol. The van der Waals surface area contributed by atoms with Crippen molar-refractivity contribution in [2.75, 3.05) is 41.6 Å². The standard InChI is InChI=1S/C21H26FN3O3S/c1-16-7-6-8-18(15-16)25(29(3,27)28)17(2)21(26)24-13-11-23(12-14-24)20-10-5-4-9-19(20)22/h4-10,15,17H,11-14H2,1-3H3/t17-/m0/s1. The van der Waals surface area contributed by atoms with E-state index in [0.29, 0.717) is 37.6 Å². The molecule has 0 unspecified atom stereocenters. The number of para-hydroxylation sites is 1. The summed E-state index contributed by atoms with van der Waals surface area (Å²) in [6.45, 7) is 5.27. The zero-order valence-electron chi connectivity index (χ0n) is 16.9. The van der Waals surface area contributed by atoms with E-state index in [2.05, 4.69) is 0 Å². The number of benzene rings is 2. The second kappa shape index (κ2) is 8.41. The topological polar surface area (TPSA) is 60.9 Å². The molecule has 156 valence electrons. The molecule has 0 bridgehead atoms. The normalized spacial score (nSPS) is 15.9. The number of piperazine rings is 1. The van der Waals surface area contributed by atoms with Gasteiger partial charge in [0, 0.05) is 26.2 Å². The Morgan fingerprint density at radius 2 is 1.72 bits per heavy atom. The molecule has 1 saturated heterocycles. The van der Waals surface area contributed by atoms with E-state index in [-0.39, 0.29) is 11.7 Å². The molecule has 0 radical (unpaired) electrons. The molecule has 1 fully saturated rings. The highest BCUT2D eigenvalue weighted by Crippen LogP contribution is 2.24. The summed E-state index contributed by atoms with van der Waals surface area (Å²) >= 11 is 0. The first kappa shape index (κ1) is 21.1.